The maximum absolute atomic E-state index is 11.7. The molecule has 6 heteroatoms. The second kappa shape index (κ2) is 6.44. The molecule has 17 heavy (non-hydrogen) atoms. The number of carboxylic acid groups (broad SMARTS) is 1. The molecule has 0 bridgehead atoms. The number of rotatable bonds is 6. The molecule has 0 radical (unpaired) electrons. The second-order valence-electron chi connectivity index (χ2n) is 4.94. The van der Waals surface area contributed by atoms with E-state index in [-0.39, 0.29) is 6.03 Å². The Balaban J connectivity index is 4.10. The molecule has 0 aromatic rings. The van der Waals surface area contributed by atoms with Crippen LogP contribution in [0.1, 0.15) is 20.3 Å². The Kier molecular flexibility index (Phi) is 5.95. The third-order valence-electron chi connectivity index (χ3n) is 2.40. The predicted octanol–water partition coefficient (Wildman–Crippen LogP) is 0.443. The molecule has 0 aliphatic heterocycles. The number of carboxylic acids is 1. The lowest BCUT2D eigenvalue weighted by molar-refractivity contribution is -0.143. The van der Waals surface area contributed by atoms with E-state index in [0.717, 1.165) is 13.0 Å². The van der Waals surface area contributed by atoms with Crippen molar-refractivity contribution in [3.63, 3.8) is 0 Å². The lowest BCUT2D eigenvalue weighted by Crippen LogP contribution is -2.53. The van der Waals surface area contributed by atoms with Crippen molar-refractivity contribution in [3.8, 4) is 0 Å². The quantitative estimate of drug-likeness (QED) is 0.712. The molecule has 2 amide bonds. The van der Waals surface area contributed by atoms with Gasteiger partial charge in [-0.25, -0.2) is 9.59 Å². The van der Waals surface area contributed by atoms with Crippen molar-refractivity contribution in [2.45, 2.75) is 25.8 Å². The summed E-state index contributed by atoms with van der Waals surface area (Å²) in [4.78, 5) is 26.0. The molecule has 0 aliphatic carbocycles. The molecule has 0 rings (SSSR count). The first-order valence-electron chi connectivity index (χ1n) is 5.58. The molecule has 0 saturated heterocycles. The number of urea groups is 1. The molecule has 0 heterocycles. The number of aliphatic carboxylic acids is 1. The summed E-state index contributed by atoms with van der Waals surface area (Å²) in [5.74, 6) is -1.05. The molecule has 100 valence electrons. The first-order chi connectivity index (χ1) is 7.66. The Hall–Kier alpha value is -1.30. The fourth-order valence-electron chi connectivity index (χ4n) is 1.14. The van der Waals surface area contributed by atoms with Crippen LogP contribution in [0.15, 0.2) is 0 Å². The number of carbonyl (C=O) groups excluding carboxylic acids is 1. The van der Waals surface area contributed by atoms with Gasteiger partial charge in [-0.15, -0.1) is 0 Å². The fraction of sp³-hybridized carbons (Fsp3) is 0.818. The Labute approximate surface area is 103 Å². The standard InChI is InChI=1S/C11H23N3O3/c1-11(2,9(15)16)12-10(17)14(5)8-6-7-13(3)4/h6-8H2,1-5H3,(H,12,17)(H,15,16). The zero-order chi connectivity index (χ0) is 13.6. The first-order valence-corrected chi connectivity index (χ1v) is 5.58. The Morgan fingerprint density at radius 2 is 1.71 bits per heavy atom. The lowest BCUT2D eigenvalue weighted by Gasteiger charge is -2.26. The van der Waals surface area contributed by atoms with Gasteiger partial charge in [-0.05, 0) is 40.9 Å². The zero-order valence-corrected chi connectivity index (χ0v) is 11.3. The van der Waals surface area contributed by atoms with Gasteiger partial charge in [0.2, 0.25) is 0 Å². The largest absolute Gasteiger partial charge is 0.480 e. The highest BCUT2D eigenvalue weighted by Gasteiger charge is 2.29. The van der Waals surface area contributed by atoms with Crippen LogP contribution < -0.4 is 5.32 Å². The number of carbonyl (C=O) groups is 2. The Bertz CT molecular complexity index is 277. The lowest BCUT2D eigenvalue weighted by atomic mass is 10.1. The summed E-state index contributed by atoms with van der Waals surface area (Å²) in [6, 6.07) is -0.365. The molecule has 0 fully saturated rings. The molecule has 0 aromatic heterocycles. The summed E-state index contributed by atoms with van der Waals surface area (Å²) in [7, 11) is 5.59. The number of nitrogens with zero attached hydrogens (tertiary/aromatic N) is 2. The molecule has 0 saturated carbocycles. The molecular formula is C11H23N3O3. The van der Waals surface area contributed by atoms with E-state index in [1.54, 1.807) is 7.05 Å². The van der Waals surface area contributed by atoms with Gasteiger partial charge in [-0.2, -0.15) is 0 Å². The van der Waals surface area contributed by atoms with Gasteiger partial charge in [0.1, 0.15) is 5.54 Å². The first kappa shape index (κ1) is 15.7. The summed E-state index contributed by atoms with van der Waals surface area (Å²) in [6.45, 7) is 4.40. The molecule has 0 aliphatic rings. The van der Waals surface area contributed by atoms with E-state index in [9.17, 15) is 9.59 Å². The molecular weight excluding hydrogens is 222 g/mol. The van der Waals surface area contributed by atoms with Crippen molar-refractivity contribution >= 4 is 12.0 Å². The van der Waals surface area contributed by atoms with Crippen LogP contribution in [-0.4, -0.2) is 66.7 Å². The van der Waals surface area contributed by atoms with E-state index >= 15 is 0 Å². The predicted molar refractivity (Wildman–Crippen MR) is 66.0 cm³/mol. The molecule has 2 N–H and O–H groups in total. The summed E-state index contributed by atoms with van der Waals surface area (Å²) in [5, 5.41) is 11.3. The van der Waals surface area contributed by atoms with Crippen LogP contribution in [0, 0.1) is 0 Å². The van der Waals surface area contributed by atoms with Crippen molar-refractivity contribution in [2.75, 3.05) is 34.2 Å². The van der Waals surface area contributed by atoms with E-state index < -0.39 is 11.5 Å². The minimum Gasteiger partial charge on any atom is -0.480 e. The third kappa shape index (κ3) is 6.11. The van der Waals surface area contributed by atoms with Crippen LogP contribution in [0.2, 0.25) is 0 Å². The second-order valence-corrected chi connectivity index (χ2v) is 4.94. The van der Waals surface area contributed by atoms with Gasteiger partial charge < -0.3 is 20.2 Å². The van der Waals surface area contributed by atoms with E-state index in [2.05, 4.69) is 5.32 Å². The smallest absolute Gasteiger partial charge is 0.328 e. The van der Waals surface area contributed by atoms with E-state index in [0.29, 0.717) is 6.54 Å². The van der Waals surface area contributed by atoms with Crippen LogP contribution in [0.25, 0.3) is 0 Å². The van der Waals surface area contributed by atoms with Gasteiger partial charge in [-0.1, -0.05) is 0 Å². The minimum atomic E-state index is -1.24. The monoisotopic (exact) mass is 245 g/mol. The molecule has 0 spiro atoms. The van der Waals surface area contributed by atoms with Gasteiger partial charge in [0.25, 0.3) is 0 Å². The zero-order valence-electron chi connectivity index (χ0n) is 11.3. The van der Waals surface area contributed by atoms with Crippen molar-refractivity contribution in [1.82, 2.24) is 15.1 Å². The van der Waals surface area contributed by atoms with Crippen molar-refractivity contribution < 1.29 is 14.7 Å². The summed E-state index contributed by atoms with van der Waals surface area (Å²) < 4.78 is 0. The highest BCUT2D eigenvalue weighted by atomic mass is 16.4. The molecule has 0 unspecified atom stereocenters. The van der Waals surface area contributed by atoms with Crippen LogP contribution in [0.3, 0.4) is 0 Å². The third-order valence-corrected chi connectivity index (χ3v) is 2.40. The maximum atomic E-state index is 11.7. The number of hydrogen-bond acceptors (Lipinski definition) is 3. The van der Waals surface area contributed by atoms with Crippen molar-refractivity contribution in [2.24, 2.45) is 0 Å². The molecule has 0 atom stereocenters. The highest BCUT2D eigenvalue weighted by molar-refractivity contribution is 5.85. The van der Waals surface area contributed by atoms with Crippen molar-refractivity contribution in [1.29, 1.82) is 0 Å². The van der Waals surface area contributed by atoms with E-state index in [4.69, 9.17) is 5.11 Å². The average Bonchev–Trinajstić information content (AvgIpc) is 2.15. The van der Waals surface area contributed by atoms with Gasteiger partial charge >= 0.3 is 12.0 Å². The van der Waals surface area contributed by atoms with Gasteiger partial charge in [0.15, 0.2) is 0 Å². The number of nitrogens with one attached hydrogen (secondary N) is 1. The van der Waals surface area contributed by atoms with Crippen LogP contribution in [-0.2, 0) is 4.79 Å². The van der Waals surface area contributed by atoms with Crippen molar-refractivity contribution in [3.05, 3.63) is 0 Å². The van der Waals surface area contributed by atoms with Gasteiger partial charge in [0.05, 0.1) is 0 Å². The Morgan fingerprint density at radius 1 is 1.18 bits per heavy atom. The molecule has 0 aromatic carbocycles. The normalized spacial score (nSPS) is 11.4. The Morgan fingerprint density at radius 3 is 2.12 bits per heavy atom. The number of hydrogen-bond donors (Lipinski definition) is 2. The molecule has 6 nitrogen and oxygen atoms in total. The minimum absolute atomic E-state index is 0.365. The maximum Gasteiger partial charge on any atom is 0.328 e. The van der Waals surface area contributed by atoms with Crippen LogP contribution >= 0.6 is 0 Å². The van der Waals surface area contributed by atoms with E-state index in [1.165, 1.54) is 18.7 Å². The summed E-state index contributed by atoms with van der Waals surface area (Å²) in [6.07, 6.45) is 0.852. The SMILES string of the molecule is CN(C)CCCN(C)C(=O)NC(C)(C)C(=O)O. The summed E-state index contributed by atoms with van der Waals surface area (Å²) in [5.41, 5.74) is -1.24. The highest BCUT2D eigenvalue weighted by Crippen LogP contribution is 2.03. The topological polar surface area (TPSA) is 72.9 Å². The fourth-order valence-corrected chi connectivity index (χ4v) is 1.14. The van der Waals surface area contributed by atoms with Crippen LogP contribution in [0.4, 0.5) is 4.79 Å². The summed E-state index contributed by atoms with van der Waals surface area (Å²) >= 11 is 0. The van der Waals surface area contributed by atoms with Crippen LogP contribution in [0.5, 0.6) is 0 Å². The average molecular weight is 245 g/mol. The van der Waals surface area contributed by atoms with Gasteiger partial charge in [-0.3, -0.25) is 0 Å². The van der Waals surface area contributed by atoms with E-state index in [1.807, 2.05) is 19.0 Å². The van der Waals surface area contributed by atoms with Gasteiger partial charge in [0, 0.05) is 13.6 Å². The number of amides is 2.